The van der Waals surface area contributed by atoms with Crippen LogP contribution >= 0.6 is 0 Å². The Labute approximate surface area is 136 Å². The van der Waals surface area contributed by atoms with Crippen molar-refractivity contribution in [3.63, 3.8) is 0 Å². The molecule has 22 heavy (non-hydrogen) atoms. The lowest BCUT2D eigenvalue weighted by molar-refractivity contribution is 0.335. The van der Waals surface area contributed by atoms with Crippen LogP contribution in [0.1, 0.15) is 51.4 Å². The van der Waals surface area contributed by atoms with Crippen LogP contribution in [0.25, 0.3) is 0 Å². The number of nitrogens with zero attached hydrogens (tertiary/aromatic N) is 1. The van der Waals surface area contributed by atoms with Gasteiger partial charge >= 0.3 is 0 Å². The van der Waals surface area contributed by atoms with Crippen molar-refractivity contribution in [3.05, 3.63) is 30.3 Å². The minimum absolute atomic E-state index is 0.585. The number of rotatable bonds is 6. The second-order valence-corrected chi connectivity index (χ2v) is 11.0. The molecule has 3 rings (SSSR count). The highest BCUT2D eigenvalue weighted by atomic mass is 28.4. The second-order valence-electron chi connectivity index (χ2n) is 7.28. The molecule has 1 saturated heterocycles. The van der Waals surface area contributed by atoms with E-state index in [0.29, 0.717) is 5.54 Å². The van der Waals surface area contributed by atoms with Crippen LogP contribution in [0, 0.1) is 0 Å². The fourth-order valence-electron chi connectivity index (χ4n) is 4.47. The molecule has 122 valence electrons. The lowest BCUT2D eigenvalue weighted by Gasteiger charge is -2.37. The topological polar surface area (TPSA) is 23.5 Å². The third kappa shape index (κ3) is 3.81. The van der Waals surface area contributed by atoms with E-state index in [0.717, 1.165) is 6.04 Å². The van der Waals surface area contributed by atoms with Gasteiger partial charge in [-0.15, -0.1) is 0 Å². The zero-order valence-corrected chi connectivity index (χ0v) is 14.8. The predicted octanol–water partition coefficient (Wildman–Crippen LogP) is 3.65. The van der Waals surface area contributed by atoms with Gasteiger partial charge in [0, 0.05) is 0 Å². The smallest absolute Gasteiger partial charge is 0.223 e. The summed E-state index contributed by atoms with van der Waals surface area (Å²) < 4.78 is 0. The summed E-state index contributed by atoms with van der Waals surface area (Å²) in [5, 5.41) is 1.28. The SMILES string of the molecule is O[Si@@](CCCN1CCCC1)(c1ccccc1)C1CCCCC1. The average Bonchev–Trinajstić information content (AvgIpc) is 3.10. The highest BCUT2D eigenvalue weighted by Crippen LogP contribution is 2.38. The molecule has 2 nitrogen and oxygen atoms in total. The Hall–Kier alpha value is -0.643. The van der Waals surface area contributed by atoms with E-state index in [2.05, 4.69) is 35.2 Å². The first kappa shape index (κ1) is 16.2. The van der Waals surface area contributed by atoms with Gasteiger partial charge in [-0.2, -0.15) is 0 Å². The largest absolute Gasteiger partial charge is 0.427 e. The molecule has 0 unspecified atom stereocenters. The van der Waals surface area contributed by atoms with Gasteiger partial charge in [0.25, 0.3) is 0 Å². The molecule has 1 saturated carbocycles. The van der Waals surface area contributed by atoms with Gasteiger partial charge in [-0.1, -0.05) is 62.4 Å². The summed E-state index contributed by atoms with van der Waals surface area (Å²) in [6.07, 6.45) is 10.4. The highest BCUT2D eigenvalue weighted by Gasteiger charge is 2.41. The van der Waals surface area contributed by atoms with E-state index >= 15 is 0 Å². The number of likely N-dealkylation sites (tertiary alicyclic amines) is 1. The molecule has 0 amide bonds. The van der Waals surface area contributed by atoms with Gasteiger partial charge < -0.3 is 9.70 Å². The first-order valence-corrected chi connectivity index (χ1v) is 11.5. The van der Waals surface area contributed by atoms with E-state index in [4.69, 9.17) is 0 Å². The average molecular weight is 318 g/mol. The maximum atomic E-state index is 11.7. The first-order valence-electron chi connectivity index (χ1n) is 9.29. The highest BCUT2D eigenvalue weighted by molar-refractivity contribution is 6.86. The minimum Gasteiger partial charge on any atom is -0.427 e. The normalized spacial score (nSPS) is 23.5. The van der Waals surface area contributed by atoms with Crippen molar-refractivity contribution in [2.75, 3.05) is 19.6 Å². The molecule has 2 fully saturated rings. The molecule has 1 N–H and O–H groups in total. The summed E-state index contributed by atoms with van der Waals surface area (Å²) in [7, 11) is -2.32. The van der Waals surface area contributed by atoms with Crippen LogP contribution in [0.2, 0.25) is 11.6 Å². The molecule has 1 aromatic rings. The van der Waals surface area contributed by atoms with Crippen LogP contribution in [0.3, 0.4) is 0 Å². The van der Waals surface area contributed by atoms with Crippen molar-refractivity contribution in [1.29, 1.82) is 0 Å². The Balaban J connectivity index is 1.67. The van der Waals surface area contributed by atoms with Crippen molar-refractivity contribution in [1.82, 2.24) is 4.90 Å². The van der Waals surface area contributed by atoms with E-state index in [1.165, 1.54) is 76.2 Å². The lowest BCUT2D eigenvalue weighted by atomic mass is 10.0. The molecular formula is C19H31NOSi. The minimum atomic E-state index is -2.32. The first-order chi connectivity index (χ1) is 10.8. The third-order valence-electron chi connectivity index (χ3n) is 5.79. The van der Waals surface area contributed by atoms with Crippen LogP contribution < -0.4 is 5.19 Å². The van der Waals surface area contributed by atoms with Crippen LogP contribution in [0.5, 0.6) is 0 Å². The van der Waals surface area contributed by atoms with E-state index in [1.807, 2.05) is 0 Å². The summed E-state index contributed by atoms with van der Waals surface area (Å²) in [4.78, 5) is 14.3. The van der Waals surface area contributed by atoms with Gasteiger partial charge in [0.15, 0.2) is 0 Å². The number of hydrogen-bond acceptors (Lipinski definition) is 2. The van der Waals surface area contributed by atoms with E-state index in [1.54, 1.807) is 0 Å². The Morgan fingerprint density at radius 2 is 1.64 bits per heavy atom. The molecule has 2 aliphatic rings. The van der Waals surface area contributed by atoms with E-state index in [-0.39, 0.29) is 0 Å². The molecule has 0 aromatic heterocycles. The second kappa shape index (κ2) is 7.76. The van der Waals surface area contributed by atoms with Crippen LogP contribution in [-0.2, 0) is 0 Å². The molecule has 1 aliphatic heterocycles. The summed E-state index contributed by atoms with van der Waals surface area (Å²) in [6, 6.07) is 11.7. The van der Waals surface area contributed by atoms with Crippen LogP contribution in [-0.4, -0.2) is 37.6 Å². The van der Waals surface area contributed by atoms with Crippen molar-refractivity contribution < 1.29 is 4.80 Å². The van der Waals surface area contributed by atoms with Crippen molar-refractivity contribution in [2.45, 2.75) is 63.0 Å². The maximum absolute atomic E-state index is 11.7. The number of hydrogen-bond donors (Lipinski definition) is 1. The quantitative estimate of drug-likeness (QED) is 0.810. The van der Waals surface area contributed by atoms with Gasteiger partial charge in [-0.3, -0.25) is 0 Å². The van der Waals surface area contributed by atoms with Crippen LogP contribution in [0.4, 0.5) is 0 Å². The molecule has 1 heterocycles. The monoisotopic (exact) mass is 317 g/mol. The van der Waals surface area contributed by atoms with Crippen molar-refractivity contribution >= 4 is 13.5 Å². The van der Waals surface area contributed by atoms with Crippen LogP contribution in [0.15, 0.2) is 30.3 Å². The molecular weight excluding hydrogens is 286 g/mol. The van der Waals surface area contributed by atoms with Gasteiger partial charge in [-0.05, 0) is 55.7 Å². The molecule has 1 aromatic carbocycles. The zero-order valence-electron chi connectivity index (χ0n) is 13.8. The lowest BCUT2D eigenvalue weighted by Crippen LogP contribution is -2.53. The predicted molar refractivity (Wildman–Crippen MR) is 96.0 cm³/mol. The fourth-order valence-corrected chi connectivity index (χ4v) is 8.47. The summed E-state index contributed by atoms with van der Waals surface area (Å²) in [6.45, 7) is 3.73. The third-order valence-corrected chi connectivity index (χ3v) is 10.2. The van der Waals surface area contributed by atoms with Gasteiger partial charge in [0.05, 0.1) is 0 Å². The standard InChI is InChI=1S/C19H31NOSi/c21-22(18-10-3-1-4-11-18,19-12-5-2-6-13-19)17-9-16-20-14-7-8-15-20/h1,3-4,10-11,19,21H,2,5-9,12-17H2/t22-/m0/s1. The van der Waals surface area contributed by atoms with E-state index in [9.17, 15) is 4.80 Å². The van der Waals surface area contributed by atoms with E-state index < -0.39 is 8.32 Å². The van der Waals surface area contributed by atoms with Crippen molar-refractivity contribution in [2.24, 2.45) is 0 Å². The Morgan fingerprint density at radius 1 is 0.955 bits per heavy atom. The molecule has 0 bridgehead atoms. The summed E-state index contributed by atoms with van der Waals surface area (Å²) in [5.74, 6) is 0. The Morgan fingerprint density at radius 3 is 2.32 bits per heavy atom. The Kier molecular flexibility index (Phi) is 5.72. The van der Waals surface area contributed by atoms with Gasteiger partial charge in [-0.25, -0.2) is 0 Å². The molecule has 1 aliphatic carbocycles. The molecule has 3 heteroatoms. The fraction of sp³-hybridized carbons (Fsp3) is 0.684. The molecule has 0 spiro atoms. The summed E-state index contributed by atoms with van der Waals surface area (Å²) >= 11 is 0. The van der Waals surface area contributed by atoms with Gasteiger partial charge in [0.1, 0.15) is 0 Å². The van der Waals surface area contributed by atoms with Gasteiger partial charge in [0.2, 0.25) is 8.32 Å². The number of benzene rings is 1. The Bertz CT molecular complexity index is 440. The molecule has 1 atom stereocenters. The zero-order chi connectivity index (χ0) is 15.3. The molecule has 0 radical (unpaired) electrons. The van der Waals surface area contributed by atoms with Crippen molar-refractivity contribution in [3.8, 4) is 0 Å². The summed E-state index contributed by atoms with van der Waals surface area (Å²) in [5.41, 5.74) is 0.585. The maximum Gasteiger partial charge on any atom is 0.223 e.